The van der Waals surface area contributed by atoms with Gasteiger partial charge in [0.05, 0.1) is 6.26 Å². The molecule has 2 unspecified atom stereocenters. The van der Waals surface area contributed by atoms with Crippen LogP contribution in [0.1, 0.15) is 24.3 Å². The van der Waals surface area contributed by atoms with Crippen LogP contribution in [0.3, 0.4) is 0 Å². The normalized spacial score (nSPS) is 14.4. The smallest absolute Gasteiger partial charge is 0.114 e. The lowest BCUT2D eigenvalue weighted by molar-refractivity contribution is 0.526. The van der Waals surface area contributed by atoms with Crippen LogP contribution in [0.15, 0.2) is 52.0 Å². The lowest BCUT2D eigenvalue weighted by Crippen LogP contribution is -2.25. The minimum Gasteiger partial charge on any atom is -0.468 e. The number of furan rings is 1. The summed E-state index contributed by atoms with van der Waals surface area (Å²) in [6.07, 6.45) is 1.75. The minimum absolute atomic E-state index is 0.338. The zero-order valence-corrected chi connectivity index (χ0v) is 11.8. The van der Waals surface area contributed by atoms with E-state index in [2.05, 4.69) is 36.5 Å². The molecule has 2 atom stereocenters. The molecule has 0 saturated heterocycles. The van der Waals surface area contributed by atoms with Crippen LogP contribution < -0.4 is 5.32 Å². The molecule has 96 valence electrons. The minimum atomic E-state index is 0.338. The molecule has 18 heavy (non-hydrogen) atoms. The third-order valence-corrected chi connectivity index (χ3v) is 4.38. The van der Waals surface area contributed by atoms with Crippen molar-refractivity contribution in [3.63, 3.8) is 0 Å². The average Bonchev–Trinajstić information content (AvgIpc) is 2.77. The van der Waals surface area contributed by atoms with E-state index in [1.165, 1.54) is 10.5 Å². The Morgan fingerprint density at radius 1 is 1.17 bits per heavy atom. The summed E-state index contributed by atoms with van der Waals surface area (Å²) in [7, 11) is 2.01. The van der Waals surface area contributed by atoms with Gasteiger partial charge in [-0.2, -0.15) is 0 Å². The van der Waals surface area contributed by atoms with Crippen LogP contribution in [0.4, 0.5) is 0 Å². The Bertz CT molecular complexity index is 480. The summed E-state index contributed by atoms with van der Waals surface area (Å²) < 4.78 is 5.34. The summed E-state index contributed by atoms with van der Waals surface area (Å²) in [6, 6.07) is 12.9. The second-order valence-electron chi connectivity index (χ2n) is 4.34. The summed E-state index contributed by atoms with van der Waals surface area (Å²) in [5.41, 5.74) is 1.32. The number of nitrogens with one attached hydrogen (secondary N) is 1. The molecule has 2 rings (SSSR count). The molecule has 3 heteroatoms. The lowest BCUT2D eigenvalue weighted by atomic mass is 10.0. The van der Waals surface area contributed by atoms with Crippen LogP contribution >= 0.6 is 11.8 Å². The molecular weight excluding hydrogens is 242 g/mol. The zero-order chi connectivity index (χ0) is 13.0. The van der Waals surface area contributed by atoms with Crippen molar-refractivity contribution in [3.05, 3.63) is 54.0 Å². The van der Waals surface area contributed by atoms with Crippen LogP contribution in [-0.2, 0) is 0 Å². The first-order chi connectivity index (χ1) is 8.72. The highest BCUT2D eigenvalue weighted by molar-refractivity contribution is 8.00. The van der Waals surface area contributed by atoms with E-state index in [9.17, 15) is 0 Å². The summed E-state index contributed by atoms with van der Waals surface area (Å²) in [5, 5.41) is 3.84. The van der Waals surface area contributed by atoms with Crippen molar-refractivity contribution in [1.82, 2.24) is 5.32 Å². The molecule has 0 spiro atoms. The Morgan fingerprint density at radius 3 is 2.44 bits per heavy atom. The van der Waals surface area contributed by atoms with Crippen molar-refractivity contribution in [2.75, 3.05) is 7.05 Å². The molecule has 1 heterocycles. The summed E-state index contributed by atoms with van der Waals surface area (Å²) >= 11 is 1.85. The van der Waals surface area contributed by atoms with E-state index in [0.29, 0.717) is 11.3 Å². The molecule has 0 saturated carbocycles. The van der Waals surface area contributed by atoms with Gasteiger partial charge in [-0.1, -0.05) is 37.3 Å². The van der Waals surface area contributed by atoms with Gasteiger partial charge in [0.2, 0.25) is 0 Å². The fraction of sp³-hybridized carbons (Fsp3) is 0.333. The third kappa shape index (κ3) is 2.98. The predicted octanol–water partition coefficient (Wildman–Crippen LogP) is 4.03. The Morgan fingerprint density at radius 2 is 1.89 bits per heavy atom. The molecule has 0 amide bonds. The second-order valence-corrected chi connectivity index (χ2v) is 5.76. The van der Waals surface area contributed by atoms with E-state index in [-0.39, 0.29) is 0 Å². The highest BCUT2D eigenvalue weighted by Gasteiger charge is 2.19. The molecule has 0 fully saturated rings. The van der Waals surface area contributed by atoms with E-state index in [1.807, 2.05) is 37.9 Å². The van der Waals surface area contributed by atoms with Crippen LogP contribution in [0.25, 0.3) is 0 Å². The van der Waals surface area contributed by atoms with Crippen molar-refractivity contribution < 1.29 is 4.42 Å². The number of hydrogen-bond acceptors (Lipinski definition) is 3. The Hall–Kier alpha value is -1.19. The second kappa shape index (κ2) is 6.12. The van der Waals surface area contributed by atoms with Gasteiger partial charge in [0, 0.05) is 16.2 Å². The van der Waals surface area contributed by atoms with Crippen LogP contribution in [0.5, 0.6) is 0 Å². The number of aryl methyl sites for hydroxylation is 1. The third-order valence-electron chi connectivity index (χ3n) is 3.06. The predicted molar refractivity (Wildman–Crippen MR) is 77.0 cm³/mol. The quantitative estimate of drug-likeness (QED) is 0.823. The van der Waals surface area contributed by atoms with Gasteiger partial charge < -0.3 is 9.73 Å². The van der Waals surface area contributed by atoms with Crippen LogP contribution in [0.2, 0.25) is 0 Å². The van der Waals surface area contributed by atoms with E-state index < -0.39 is 0 Å². The maximum Gasteiger partial charge on any atom is 0.114 e. The number of benzene rings is 1. The van der Waals surface area contributed by atoms with E-state index in [0.717, 1.165) is 5.76 Å². The zero-order valence-electron chi connectivity index (χ0n) is 11.0. The van der Waals surface area contributed by atoms with Crippen LogP contribution in [-0.4, -0.2) is 12.3 Å². The standard InChI is InChI=1S/C15H19NOS/c1-11-14(9-10-17-11)18-12(2)15(16-3)13-7-5-4-6-8-13/h4-10,12,15-16H,1-3H3. The van der Waals surface area contributed by atoms with Crippen molar-refractivity contribution in [3.8, 4) is 0 Å². The van der Waals surface area contributed by atoms with Gasteiger partial charge in [-0.3, -0.25) is 0 Å². The molecule has 1 aromatic heterocycles. The van der Waals surface area contributed by atoms with Crippen molar-refractivity contribution in [2.45, 2.75) is 30.0 Å². The van der Waals surface area contributed by atoms with Crippen molar-refractivity contribution >= 4 is 11.8 Å². The summed E-state index contributed by atoms with van der Waals surface area (Å²) in [4.78, 5) is 1.22. The Labute approximate surface area is 113 Å². The highest BCUT2D eigenvalue weighted by Crippen LogP contribution is 2.33. The molecule has 2 aromatic rings. The molecular formula is C15H19NOS. The molecule has 0 aliphatic heterocycles. The molecule has 0 radical (unpaired) electrons. The average molecular weight is 261 g/mol. The van der Waals surface area contributed by atoms with E-state index >= 15 is 0 Å². The lowest BCUT2D eigenvalue weighted by Gasteiger charge is -2.23. The number of thioether (sulfide) groups is 1. The molecule has 0 aliphatic rings. The summed E-state index contributed by atoms with van der Waals surface area (Å²) in [6.45, 7) is 4.25. The van der Waals surface area contributed by atoms with Gasteiger partial charge in [0.25, 0.3) is 0 Å². The number of rotatable bonds is 5. The Balaban J connectivity index is 2.11. The summed E-state index contributed by atoms with van der Waals surface area (Å²) in [5.74, 6) is 0.995. The SMILES string of the molecule is CNC(c1ccccc1)C(C)Sc1ccoc1C. The molecule has 0 aliphatic carbocycles. The number of hydrogen-bond donors (Lipinski definition) is 1. The molecule has 0 bridgehead atoms. The van der Waals surface area contributed by atoms with E-state index in [1.54, 1.807) is 6.26 Å². The Kier molecular flexibility index (Phi) is 4.50. The largest absolute Gasteiger partial charge is 0.468 e. The van der Waals surface area contributed by atoms with Gasteiger partial charge in [-0.25, -0.2) is 0 Å². The highest BCUT2D eigenvalue weighted by atomic mass is 32.2. The first-order valence-electron chi connectivity index (χ1n) is 6.15. The van der Waals surface area contributed by atoms with Gasteiger partial charge in [-0.15, -0.1) is 11.8 Å². The van der Waals surface area contributed by atoms with Crippen molar-refractivity contribution in [1.29, 1.82) is 0 Å². The van der Waals surface area contributed by atoms with Crippen molar-refractivity contribution in [2.24, 2.45) is 0 Å². The fourth-order valence-corrected chi connectivity index (χ4v) is 3.27. The first kappa shape index (κ1) is 13.2. The van der Waals surface area contributed by atoms with Gasteiger partial charge >= 0.3 is 0 Å². The maximum absolute atomic E-state index is 5.34. The van der Waals surface area contributed by atoms with Gasteiger partial charge in [0.15, 0.2) is 0 Å². The fourth-order valence-electron chi connectivity index (χ4n) is 2.10. The maximum atomic E-state index is 5.34. The van der Waals surface area contributed by atoms with Gasteiger partial charge in [0.1, 0.15) is 5.76 Å². The van der Waals surface area contributed by atoms with Gasteiger partial charge in [-0.05, 0) is 25.6 Å². The molecule has 1 aromatic carbocycles. The van der Waals surface area contributed by atoms with Crippen LogP contribution in [0, 0.1) is 6.92 Å². The monoisotopic (exact) mass is 261 g/mol. The topological polar surface area (TPSA) is 25.2 Å². The molecule has 1 N–H and O–H groups in total. The first-order valence-corrected chi connectivity index (χ1v) is 7.03. The molecule has 2 nitrogen and oxygen atoms in total. The van der Waals surface area contributed by atoms with E-state index in [4.69, 9.17) is 4.42 Å².